The van der Waals surface area contributed by atoms with Crippen LogP contribution in [0, 0.1) is 11.3 Å². The summed E-state index contributed by atoms with van der Waals surface area (Å²) in [4.78, 5) is 15.3. The lowest BCUT2D eigenvalue weighted by molar-refractivity contribution is 0.437. The second-order valence-electron chi connectivity index (χ2n) is 15.7. The van der Waals surface area contributed by atoms with Gasteiger partial charge in [0.1, 0.15) is 11.5 Å². The van der Waals surface area contributed by atoms with E-state index < -0.39 is 5.41 Å². The number of benzene rings is 9. The number of rotatable bonds is 5. The van der Waals surface area contributed by atoms with E-state index in [1.807, 2.05) is 91.0 Å². The van der Waals surface area contributed by atoms with Gasteiger partial charge in [0.25, 0.3) is 0 Å². The van der Waals surface area contributed by atoms with Gasteiger partial charge in [-0.15, -0.1) is 0 Å². The molecule has 1 aliphatic heterocycles. The first-order valence-electron chi connectivity index (χ1n) is 20.7. The molecule has 5 heteroatoms. The topological polar surface area (TPSA) is 71.7 Å². The molecular weight excluding hydrogens is 757 g/mol. The van der Waals surface area contributed by atoms with E-state index in [-0.39, 0.29) is 0 Å². The van der Waals surface area contributed by atoms with E-state index in [9.17, 15) is 5.26 Å². The van der Waals surface area contributed by atoms with Crippen molar-refractivity contribution in [1.29, 1.82) is 5.26 Å². The van der Waals surface area contributed by atoms with Crippen LogP contribution >= 0.6 is 0 Å². The van der Waals surface area contributed by atoms with Gasteiger partial charge in [0.05, 0.1) is 22.6 Å². The maximum absolute atomic E-state index is 9.48. The second kappa shape index (κ2) is 14.1. The fraction of sp³-hybridized carbons (Fsp3) is 0.0175. The number of hydrogen-bond donors (Lipinski definition) is 0. The molecule has 1 atom stereocenters. The average molecular weight is 791 g/mol. The maximum Gasteiger partial charge on any atom is 0.167 e. The van der Waals surface area contributed by atoms with E-state index in [0.717, 1.165) is 72.3 Å². The molecule has 288 valence electrons. The van der Waals surface area contributed by atoms with Gasteiger partial charge in [-0.2, -0.15) is 5.26 Å². The van der Waals surface area contributed by atoms with Gasteiger partial charge >= 0.3 is 0 Å². The van der Waals surface area contributed by atoms with Crippen molar-refractivity contribution < 1.29 is 4.74 Å². The summed E-state index contributed by atoms with van der Waals surface area (Å²) in [5.74, 6) is 3.24. The Morgan fingerprint density at radius 3 is 1.61 bits per heavy atom. The monoisotopic (exact) mass is 790 g/mol. The van der Waals surface area contributed by atoms with Gasteiger partial charge in [-0.1, -0.05) is 182 Å². The summed E-state index contributed by atoms with van der Waals surface area (Å²) in [5, 5.41) is 11.8. The van der Waals surface area contributed by atoms with Crippen molar-refractivity contribution in [2.75, 3.05) is 0 Å². The van der Waals surface area contributed by atoms with Crippen LogP contribution in [-0.4, -0.2) is 15.0 Å². The third kappa shape index (κ3) is 5.30. The van der Waals surface area contributed by atoms with E-state index in [1.54, 1.807) is 0 Å². The zero-order chi connectivity index (χ0) is 41.2. The molecule has 1 aromatic heterocycles. The Labute approximate surface area is 358 Å². The molecule has 0 saturated heterocycles. The predicted molar refractivity (Wildman–Crippen MR) is 247 cm³/mol. The van der Waals surface area contributed by atoms with Crippen molar-refractivity contribution in [3.63, 3.8) is 0 Å². The minimum Gasteiger partial charge on any atom is -0.456 e. The average Bonchev–Trinajstić information content (AvgIpc) is 3.65. The van der Waals surface area contributed by atoms with Crippen molar-refractivity contribution in [3.05, 3.63) is 234 Å². The predicted octanol–water partition coefficient (Wildman–Crippen LogP) is 13.7. The van der Waals surface area contributed by atoms with Crippen LogP contribution in [0.2, 0.25) is 0 Å². The molecule has 0 N–H and O–H groups in total. The summed E-state index contributed by atoms with van der Waals surface area (Å²) in [5.41, 5.74) is 13.9. The summed E-state index contributed by atoms with van der Waals surface area (Å²) in [6.45, 7) is 0. The van der Waals surface area contributed by atoms with Crippen molar-refractivity contribution in [2.45, 2.75) is 5.41 Å². The van der Waals surface area contributed by atoms with Crippen LogP contribution in [0.25, 0.3) is 78.3 Å². The van der Waals surface area contributed by atoms with E-state index >= 15 is 0 Å². The third-order valence-corrected chi connectivity index (χ3v) is 12.5. The number of ether oxygens (including phenoxy) is 1. The molecule has 0 bridgehead atoms. The fourth-order valence-corrected chi connectivity index (χ4v) is 9.81. The summed E-state index contributed by atoms with van der Waals surface area (Å²) >= 11 is 0. The van der Waals surface area contributed by atoms with Crippen LogP contribution in [0.4, 0.5) is 0 Å². The normalized spacial score (nSPS) is 14.3. The molecule has 0 saturated carbocycles. The Bertz CT molecular complexity index is 3390. The van der Waals surface area contributed by atoms with Crippen molar-refractivity contribution in [2.24, 2.45) is 0 Å². The zero-order valence-corrected chi connectivity index (χ0v) is 33.3. The maximum atomic E-state index is 9.48. The van der Waals surface area contributed by atoms with Gasteiger partial charge in [0.15, 0.2) is 17.5 Å². The quantitative estimate of drug-likeness (QED) is 0.174. The lowest BCUT2D eigenvalue weighted by Crippen LogP contribution is -2.32. The van der Waals surface area contributed by atoms with E-state index in [4.69, 9.17) is 19.7 Å². The molecule has 10 aromatic rings. The van der Waals surface area contributed by atoms with Crippen molar-refractivity contribution >= 4 is 10.8 Å². The molecule has 1 spiro atoms. The van der Waals surface area contributed by atoms with Crippen LogP contribution in [0.5, 0.6) is 11.5 Å². The van der Waals surface area contributed by atoms with E-state index in [0.29, 0.717) is 23.0 Å². The highest BCUT2D eigenvalue weighted by Gasteiger charge is 2.52. The van der Waals surface area contributed by atoms with Crippen molar-refractivity contribution in [1.82, 2.24) is 15.0 Å². The zero-order valence-electron chi connectivity index (χ0n) is 33.3. The van der Waals surface area contributed by atoms with Crippen LogP contribution in [0.15, 0.2) is 206 Å². The first-order chi connectivity index (χ1) is 30.7. The van der Waals surface area contributed by atoms with Gasteiger partial charge in [-0.05, 0) is 79.5 Å². The largest absolute Gasteiger partial charge is 0.456 e. The lowest BCUT2D eigenvalue weighted by atomic mass is 9.65. The molecule has 2 heterocycles. The minimum atomic E-state index is -0.724. The molecule has 0 amide bonds. The molecule has 62 heavy (non-hydrogen) atoms. The van der Waals surface area contributed by atoms with E-state index in [2.05, 4.69) is 121 Å². The third-order valence-electron chi connectivity index (χ3n) is 12.5. The molecule has 0 radical (unpaired) electrons. The van der Waals surface area contributed by atoms with Crippen LogP contribution < -0.4 is 4.74 Å². The number of para-hydroxylation sites is 2. The Kier molecular flexibility index (Phi) is 8.06. The summed E-state index contributed by atoms with van der Waals surface area (Å²) in [7, 11) is 0. The Morgan fingerprint density at radius 2 is 0.903 bits per heavy atom. The molecule has 9 aromatic carbocycles. The number of hydrogen-bond acceptors (Lipinski definition) is 5. The van der Waals surface area contributed by atoms with Gasteiger partial charge in [-0.3, -0.25) is 0 Å². The Morgan fingerprint density at radius 1 is 0.371 bits per heavy atom. The number of nitrogens with zero attached hydrogens (tertiary/aromatic N) is 4. The first kappa shape index (κ1) is 35.5. The molecule has 1 unspecified atom stereocenters. The summed E-state index contributed by atoms with van der Waals surface area (Å²) in [6, 6.07) is 73.9. The first-order valence-corrected chi connectivity index (χ1v) is 20.7. The molecule has 1 aliphatic carbocycles. The number of fused-ring (bicyclic) bond motifs is 10. The van der Waals surface area contributed by atoms with Gasteiger partial charge < -0.3 is 4.74 Å². The summed E-state index contributed by atoms with van der Waals surface area (Å²) < 4.78 is 7.10. The molecule has 0 fully saturated rings. The van der Waals surface area contributed by atoms with Gasteiger partial charge in [0.2, 0.25) is 0 Å². The second-order valence-corrected chi connectivity index (χ2v) is 15.7. The highest BCUT2D eigenvalue weighted by Crippen LogP contribution is 2.64. The highest BCUT2D eigenvalue weighted by molar-refractivity contribution is 6.08. The van der Waals surface area contributed by atoms with Crippen molar-refractivity contribution in [3.8, 4) is 85.1 Å². The highest BCUT2D eigenvalue weighted by atomic mass is 16.5. The number of nitriles is 1. The molecule has 2 aliphatic rings. The molecule has 12 rings (SSSR count). The fourth-order valence-electron chi connectivity index (χ4n) is 9.81. The molecular formula is C57H34N4O. The number of aromatic nitrogens is 3. The van der Waals surface area contributed by atoms with Crippen LogP contribution in [0.1, 0.15) is 27.8 Å². The lowest BCUT2D eigenvalue weighted by Gasteiger charge is -2.40. The van der Waals surface area contributed by atoms with Crippen LogP contribution in [-0.2, 0) is 5.41 Å². The SMILES string of the molecule is N#Cc1ccc(-c2ccc(-c3cccc4c3-c3ccccc3C43c4ccccc4Oc4c(-c5nc(-c6ccccc6)nc(-c6ccccc6)n5)cccc43)c3ccccc23)cc1. The standard InChI is InChI=1S/C57H34N4O/c58-35-36-29-31-37(32-30-36)40-33-34-43(42-20-8-7-19-41(40)42)44-22-13-26-49-52(44)45-21-9-10-24-47(45)57(49)48-25-11-12-28-51(48)62-53-46(23-14-27-50(53)57)56-60-54(38-15-3-1-4-16-38)59-55(61-56)39-17-5-2-6-18-39/h1-34H. The van der Waals surface area contributed by atoms with Gasteiger partial charge in [0, 0.05) is 22.3 Å². The molecule has 5 nitrogen and oxygen atoms in total. The Hall–Kier alpha value is -8.46. The summed E-state index contributed by atoms with van der Waals surface area (Å²) in [6.07, 6.45) is 0. The van der Waals surface area contributed by atoms with Gasteiger partial charge in [-0.25, -0.2) is 15.0 Å². The van der Waals surface area contributed by atoms with E-state index in [1.165, 1.54) is 22.3 Å². The minimum absolute atomic E-state index is 0.540. The Balaban J connectivity index is 1.11. The smallest absolute Gasteiger partial charge is 0.167 e. The van der Waals surface area contributed by atoms with Crippen LogP contribution in [0.3, 0.4) is 0 Å².